The SMILES string of the molecule is Cc1ccc2c(c1)CCN2c1ccc2c(c1)Oc1c/c(=C3\CCc4cc(S(=O)(=O)O)ccc43)ccc1=C2c1ccccc1S(=O)(=O)N1CCC(C(=O)O)CC1. The summed E-state index contributed by atoms with van der Waals surface area (Å²) < 4.78 is 70.4. The fourth-order valence-corrected chi connectivity index (χ4v) is 10.8. The molecule has 0 radical (unpaired) electrons. The minimum absolute atomic E-state index is 0.120. The maximum atomic E-state index is 14.4. The van der Waals surface area contributed by atoms with Gasteiger partial charge in [-0.1, -0.05) is 48.0 Å². The first-order chi connectivity index (χ1) is 26.4. The van der Waals surface area contributed by atoms with Crippen LogP contribution in [0.25, 0.3) is 11.1 Å². The molecule has 4 aliphatic rings. The molecule has 12 heteroatoms. The number of fused-ring (bicyclic) bond motifs is 4. The number of carbonyl (C=O) groups is 1. The van der Waals surface area contributed by atoms with E-state index in [1.165, 1.54) is 27.6 Å². The summed E-state index contributed by atoms with van der Waals surface area (Å²) in [6.45, 7) is 3.14. The number of nitrogens with zero attached hydrogens (tertiary/aromatic N) is 2. The molecular weight excluding hydrogens is 737 g/mol. The molecule has 10 nitrogen and oxygen atoms in total. The number of aliphatic carboxylic acids is 1. The lowest BCUT2D eigenvalue weighted by molar-refractivity contribution is -0.142. The van der Waals surface area contributed by atoms with E-state index < -0.39 is 32.0 Å². The van der Waals surface area contributed by atoms with Crippen LogP contribution in [0.15, 0.2) is 107 Å². The van der Waals surface area contributed by atoms with Crippen molar-refractivity contribution in [3.05, 3.63) is 141 Å². The highest BCUT2D eigenvalue weighted by Gasteiger charge is 2.35. The van der Waals surface area contributed by atoms with Gasteiger partial charge in [-0.15, -0.1) is 0 Å². The van der Waals surface area contributed by atoms with Gasteiger partial charge in [0.15, 0.2) is 0 Å². The number of carboxylic acids is 1. The van der Waals surface area contributed by atoms with E-state index in [0.29, 0.717) is 35.5 Å². The van der Waals surface area contributed by atoms with E-state index in [4.69, 9.17) is 4.74 Å². The third-order valence-corrected chi connectivity index (χ3v) is 14.2. The molecule has 55 heavy (non-hydrogen) atoms. The molecule has 280 valence electrons. The first-order valence-corrected chi connectivity index (χ1v) is 21.2. The van der Waals surface area contributed by atoms with Crippen LogP contribution in [0.4, 0.5) is 11.4 Å². The van der Waals surface area contributed by atoms with Crippen molar-refractivity contribution in [3.63, 3.8) is 0 Å². The molecule has 0 bridgehead atoms. The third-order valence-electron chi connectivity index (χ3n) is 11.4. The van der Waals surface area contributed by atoms with Gasteiger partial charge in [0, 0.05) is 59.0 Å². The van der Waals surface area contributed by atoms with E-state index >= 15 is 0 Å². The van der Waals surface area contributed by atoms with Gasteiger partial charge < -0.3 is 14.7 Å². The molecule has 0 unspecified atom stereocenters. The van der Waals surface area contributed by atoms with E-state index in [0.717, 1.165) is 57.0 Å². The van der Waals surface area contributed by atoms with Crippen LogP contribution in [-0.4, -0.2) is 56.4 Å². The van der Waals surface area contributed by atoms with Crippen LogP contribution in [-0.2, 0) is 37.8 Å². The highest BCUT2D eigenvalue weighted by molar-refractivity contribution is 7.89. The van der Waals surface area contributed by atoms with Crippen LogP contribution in [0.5, 0.6) is 11.5 Å². The topological polar surface area (TPSA) is 142 Å². The van der Waals surface area contributed by atoms with Crippen molar-refractivity contribution in [1.82, 2.24) is 4.31 Å². The Morgan fingerprint density at radius 2 is 1.53 bits per heavy atom. The fraction of sp³-hybridized carbons (Fsp3) is 0.233. The molecular formula is C43H38N2O8S2. The summed E-state index contributed by atoms with van der Waals surface area (Å²) in [7, 11) is -8.36. The molecule has 5 aromatic carbocycles. The second-order valence-electron chi connectivity index (χ2n) is 14.7. The van der Waals surface area contributed by atoms with Gasteiger partial charge in [-0.05, 0) is 115 Å². The smallest absolute Gasteiger partial charge is 0.306 e. The van der Waals surface area contributed by atoms with Gasteiger partial charge >= 0.3 is 5.97 Å². The molecule has 3 heterocycles. The highest BCUT2D eigenvalue weighted by Crippen LogP contribution is 2.43. The summed E-state index contributed by atoms with van der Waals surface area (Å²) in [6, 6.07) is 30.1. The number of hydrogen-bond donors (Lipinski definition) is 2. The van der Waals surface area contributed by atoms with E-state index in [1.807, 2.05) is 42.5 Å². The molecule has 3 aliphatic heterocycles. The molecule has 5 aromatic rings. The van der Waals surface area contributed by atoms with E-state index in [9.17, 15) is 31.3 Å². The van der Waals surface area contributed by atoms with Crippen LogP contribution >= 0.6 is 0 Å². The predicted octanol–water partition coefficient (Wildman–Crippen LogP) is 5.92. The van der Waals surface area contributed by atoms with Crippen molar-refractivity contribution >= 4 is 48.6 Å². The second kappa shape index (κ2) is 13.2. The number of piperidine rings is 1. The number of hydrogen-bond acceptors (Lipinski definition) is 7. The second-order valence-corrected chi connectivity index (χ2v) is 18.0. The molecule has 9 rings (SSSR count). The van der Waals surface area contributed by atoms with Gasteiger partial charge in [0.2, 0.25) is 10.0 Å². The molecule has 0 amide bonds. The molecule has 0 saturated carbocycles. The predicted molar refractivity (Wildman–Crippen MR) is 208 cm³/mol. The van der Waals surface area contributed by atoms with Crippen molar-refractivity contribution in [1.29, 1.82) is 0 Å². The average molecular weight is 775 g/mol. The lowest BCUT2D eigenvalue weighted by Gasteiger charge is -2.30. The Bertz CT molecular complexity index is 2810. The summed E-state index contributed by atoms with van der Waals surface area (Å²) in [5.74, 6) is -0.340. The number of rotatable bonds is 6. The summed E-state index contributed by atoms with van der Waals surface area (Å²) in [6.07, 6.45) is 2.68. The zero-order valence-corrected chi connectivity index (χ0v) is 31.7. The van der Waals surface area contributed by atoms with Gasteiger partial charge in [-0.3, -0.25) is 9.35 Å². The summed E-state index contributed by atoms with van der Waals surface area (Å²) in [5.41, 5.74) is 9.32. The Balaban J connectivity index is 1.21. The van der Waals surface area contributed by atoms with Crippen molar-refractivity contribution < 1.29 is 36.0 Å². The molecule has 0 aromatic heterocycles. The minimum Gasteiger partial charge on any atom is -0.481 e. The van der Waals surface area contributed by atoms with Crippen LogP contribution in [0.2, 0.25) is 0 Å². The standard InChI is InChI=1S/C43H38N2O8S2/c1-26-6-15-38-30(22-26)18-21-45(38)31-9-13-36-40(25-31)53-39-24-29(33-11-7-28-23-32(55(50,51)52)10-14-34(28)33)8-12-35(39)42(36)37-4-2-3-5-41(37)54(48,49)44-19-16-27(17-20-44)43(46)47/h2-6,8-10,12-15,22-25,27H,7,11,16-21H2,1H3,(H,46,47)(H,50,51,52)/b33-29+. The van der Waals surface area contributed by atoms with E-state index in [1.54, 1.807) is 18.2 Å². The van der Waals surface area contributed by atoms with Crippen LogP contribution in [0.3, 0.4) is 0 Å². The lowest BCUT2D eigenvalue weighted by atomic mass is 9.92. The normalized spacial score (nSPS) is 18.0. The van der Waals surface area contributed by atoms with Gasteiger partial charge in [0.25, 0.3) is 10.1 Å². The van der Waals surface area contributed by atoms with Crippen molar-refractivity contribution in [3.8, 4) is 11.5 Å². The molecule has 1 fully saturated rings. The van der Waals surface area contributed by atoms with Crippen LogP contribution in [0, 0.1) is 12.8 Å². The number of benzene rings is 5. The minimum atomic E-state index is -4.34. The first kappa shape index (κ1) is 35.4. The number of sulfonamides is 1. The number of ether oxygens (including phenoxy) is 1. The maximum absolute atomic E-state index is 14.4. The molecule has 1 saturated heterocycles. The zero-order chi connectivity index (χ0) is 38.2. The highest BCUT2D eigenvalue weighted by atomic mass is 32.2. The zero-order valence-electron chi connectivity index (χ0n) is 30.0. The van der Waals surface area contributed by atoms with Crippen molar-refractivity contribution in [2.24, 2.45) is 5.92 Å². The maximum Gasteiger partial charge on any atom is 0.306 e. The van der Waals surface area contributed by atoms with E-state index in [-0.39, 0.29) is 35.7 Å². The Morgan fingerprint density at radius 1 is 0.745 bits per heavy atom. The van der Waals surface area contributed by atoms with Crippen LogP contribution < -0.4 is 20.1 Å². The third kappa shape index (κ3) is 6.13. The Morgan fingerprint density at radius 3 is 2.31 bits per heavy atom. The molecule has 0 spiro atoms. The van der Waals surface area contributed by atoms with E-state index in [2.05, 4.69) is 36.1 Å². The molecule has 1 aliphatic carbocycles. The monoisotopic (exact) mass is 774 g/mol. The van der Waals surface area contributed by atoms with Gasteiger partial charge in [0.1, 0.15) is 11.5 Å². The Labute approximate surface area is 319 Å². The van der Waals surface area contributed by atoms with Gasteiger partial charge in [0.05, 0.1) is 15.7 Å². The largest absolute Gasteiger partial charge is 0.481 e. The van der Waals surface area contributed by atoms with Gasteiger partial charge in [-0.25, -0.2) is 8.42 Å². The van der Waals surface area contributed by atoms with Crippen LogP contribution in [0.1, 0.15) is 52.6 Å². The number of aryl methyl sites for hydroxylation is 2. The molecule has 2 N–H and O–H groups in total. The average Bonchev–Trinajstić information content (AvgIpc) is 3.80. The quantitative estimate of drug-likeness (QED) is 0.197. The summed E-state index contributed by atoms with van der Waals surface area (Å²) >= 11 is 0. The number of anilines is 2. The van der Waals surface area contributed by atoms with Gasteiger partial charge in [-0.2, -0.15) is 12.7 Å². The fourth-order valence-electron chi connectivity index (χ4n) is 8.63. The lowest BCUT2D eigenvalue weighted by Crippen LogP contribution is -2.40. The first-order valence-electron chi connectivity index (χ1n) is 18.4. The summed E-state index contributed by atoms with van der Waals surface area (Å²) in [4.78, 5) is 13.9. The number of carboxylic acid groups (broad SMARTS) is 1. The Hall–Kier alpha value is -5.27. The molecule has 0 atom stereocenters. The van der Waals surface area contributed by atoms with Crippen molar-refractivity contribution in [2.75, 3.05) is 24.5 Å². The summed E-state index contributed by atoms with van der Waals surface area (Å²) in [5, 5.41) is 11.2. The van der Waals surface area contributed by atoms with Crippen molar-refractivity contribution in [2.45, 2.75) is 48.8 Å². The Kier molecular flexibility index (Phi) is 8.50.